The Morgan fingerprint density at radius 3 is 2.52 bits per heavy atom. The minimum absolute atomic E-state index is 0.0312. The number of thiophene rings is 1. The van der Waals surface area contributed by atoms with Gasteiger partial charge in [-0.1, -0.05) is 6.07 Å². The lowest BCUT2D eigenvalue weighted by Gasteiger charge is -2.36. The van der Waals surface area contributed by atoms with E-state index in [4.69, 9.17) is 4.74 Å². The van der Waals surface area contributed by atoms with E-state index in [1.807, 2.05) is 13.8 Å². The molecule has 0 saturated carbocycles. The number of hydrogen-bond acceptors (Lipinski definition) is 6. The van der Waals surface area contributed by atoms with Crippen LogP contribution in [0.5, 0.6) is 0 Å². The maximum absolute atomic E-state index is 12.5. The van der Waals surface area contributed by atoms with Crippen LogP contribution in [-0.4, -0.2) is 101 Å². The third-order valence-electron chi connectivity index (χ3n) is 4.88. The van der Waals surface area contributed by atoms with Crippen molar-refractivity contribution in [3.05, 3.63) is 22.4 Å². The molecule has 1 atom stereocenters. The molecular formula is C19H35N5O3S2. The van der Waals surface area contributed by atoms with E-state index in [0.29, 0.717) is 26.2 Å². The average molecular weight is 446 g/mol. The summed E-state index contributed by atoms with van der Waals surface area (Å²) in [4.78, 5) is 10.0. The molecule has 0 radical (unpaired) electrons. The van der Waals surface area contributed by atoms with Gasteiger partial charge >= 0.3 is 0 Å². The molecule has 1 fully saturated rings. The minimum Gasteiger partial charge on any atom is -0.378 e. The third-order valence-corrected chi connectivity index (χ3v) is 7.69. The van der Waals surface area contributed by atoms with Gasteiger partial charge < -0.3 is 19.9 Å². The van der Waals surface area contributed by atoms with Crippen LogP contribution in [0.1, 0.15) is 24.8 Å². The van der Waals surface area contributed by atoms with E-state index in [9.17, 15) is 8.42 Å². The van der Waals surface area contributed by atoms with Gasteiger partial charge in [0.05, 0.1) is 24.5 Å². The van der Waals surface area contributed by atoms with Crippen LogP contribution in [0.15, 0.2) is 22.5 Å². The van der Waals surface area contributed by atoms with Gasteiger partial charge in [0.1, 0.15) is 0 Å². The highest BCUT2D eigenvalue weighted by Gasteiger charge is 2.28. The van der Waals surface area contributed by atoms with Gasteiger partial charge in [-0.05, 0) is 39.4 Å². The Hall–Kier alpha value is -1.20. The Labute approximate surface area is 179 Å². The second-order valence-electron chi connectivity index (χ2n) is 7.54. The summed E-state index contributed by atoms with van der Waals surface area (Å²) in [6.45, 7) is 6.96. The largest absolute Gasteiger partial charge is 0.378 e. The number of nitrogens with zero attached hydrogens (tertiary/aromatic N) is 4. The molecule has 1 unspecified atom stereocenters. The van der Waals surface area contributed by atoms with Gasteiger partial charge in [-0.25, -0.2) is 8.42 Å². The van der Waals surface area contributed by atoms with Crippen LogP contribution in [-0.2, 0) is 14.8 Å². The van der Waals surface area contributed by atoms with Crippen molar-refractivity contribution in [1.29, 1.82) is 0 Å². The number of rotatable bonds is 9. The van der Waals surface area contributed by atoms with Crippen molar-refractivity contribution in [2.45, 2.75) is 26.0 Å². The zero-order valence-corrected chi connectivity index (χ0v) is 19.8. The number of hydrogen-bond donors (Lipinski definition) is 1. The molecule has 1 aliphatic heterocycles. The summed E-state index contributed by atoms with van der Waals surface area (Å²) >= 11 is 1.75. The zero-order valence-electron chi connectivity index (χ0n) is 18.2. The fourth-order valence-electron chi connectivity index (χ4n) is 3.24. The molecule has 0 aromatic carbocycles. The standard InChI is InChI=1S/C19H35N5O3S2/c1-16(2)27-12-14-29(25,26)24-10-8-23(9-11-24)19(20-3)21-15-17(22(4)5)18-7-6-13-28-18/h6-7,13,16-17H,8-12,14-15H2,1-5H3,(H,20,21). The van der Waals surface area contributed by atoms with Crippen LogP contribution in [0.2, 0.25) is 0 Å². The smallest absolute Gasteiger partial charge is 0.216 e. The Kier molecular flexibility index (Phi) is 9.35. The van der Waals surface area contributed by atoms with Gasteiger partial charge in [0, 0.05) is 44.6 Å². The molecule has 10 heteroatoms. The average Bonchev–Trinajstić information content (AvgIpc) is 3.19. The van der Waals surface area contributed by atoms with E-state index in [-0.39, 0.29) is 24.5 Å². The zero-order chi connectivity index (χ0) is 21.4. The van der Waals surface area contributed by atoms with Crippen molar-refractivity contribution in [2.24, 2.45) is 4.99 Å². The summed E-state index contributed by atoms with van der Waals surface area (Å²) in [5, 5.41) is 5.55. The highest BCUT2D eigenvalue weighted by atomic mass is 32.2. The Bertz CT molecular complexity index is 727. The van der Waals surface area contributed by atoms with Crippen LogP contribution in [0.4, 0.5) is 0 Å². The maximum Gasteiger partial charge on any atom is 0.216 e. The number of nitrogens with one attached hydrogen (secondary N) is 1. The quantitative estimate of drug-likeness (QED) is 0.456. The summed E-state index contributed by atoms with van der Waals surface area (Å²) in [6, 6.07) is 4.47. The first kappa shape index (κ1) is 24.1. The van der Waals surface area contributed by atoms with Crippen molar-refractivity contribution in [3.8, 4) is 0 Å². The molecule has 0 aliphatic carbocycles. The Balaban J connectivity index is 1.86. The van der Waals surface area contributed by atoms with Crippen LogP contribution in [0.25, 0.3) is 0 Å². The fourth-order valence-corrected chi connectivity index (χ4v) is 5.44. The molecule has 1 saturated heterocycles. The van der Waals surface area contributed by atoms with Crippen LogP contribution in [0.3, 0.4) is 0 Å². The third kappa shape index (κ3) is 7.21. The van der Waals surface area contributed by atoms with Gasteiger partial charge in [-0.3, -0.25) is 4.99 Å². The molecule has 1 aromatic rings. The van der Waals surface area contributed by atoms with E-state index in [0.717, 1.165) is 12.5 Å². The van der Waals surface area contributed by atoms with Gasteiger partial charge in [0.25, 0.3) is 0 Å². The van der Waals surface area contributed by atoms with Gasteiger partial charge in [0.2, 0.25) is 10.0 Å². The number of likely N-dealkylation sites (N-methyl/N-ethyl adjacent to an activating group) is 1. The Morgan fingerprint density at radius 1 is 1.31 bits per heavy atom. The first-order chi connectivity index (χ1) is 13.7. The van der Waals surface area contributed by atoms with E-state index in [2.05, 4.69) is 51.7 Å². The van der Waals surface area contributed by atoms with E-state index >= 15 is 0 Å². The molecule has 8 nitrogen and oxygen atoms in total. The highest BCUT2D eigenvalue weighted by Crippen LogP contribution is 2.22. The molecule has 0 spiro atoms. The molecule has 166 valence electrons. The number of ether oxygens (including phenoxy) is 1. The van der Waals surface area contributed by atoms with Crippen molar-refractivity contribution in [2.75, 3.05) is 66.2 Å². The van der Waals surface area contributed by atoms with Crippen molar-refractivity contribution >= 4 is 27.3 Å². The number of aliphatic imine (C=N–C) groups is 1. The molecule has 0 bridgehead atoms. The molecule has 2 rings (SSSR count). The van der Waals surface area contributed by atoms with Crippen molar-refractivity contribution in [3.63, 3.8) is 0 Å². The first-order valence-electron chi connectivity index (χ1n) is 9.99. The summed E-state index contributed by atoms with van der Waals surface area (Å²) in [5.74, 6) is 0.845. The van der Waals surface area contributed by atoms with Crippen LogP contribution >= 0.6 is 11.3 Å². The second-order valence-corrected chi connectivity index (χ2v) is 10.6. The summed E-state index contributed by atoms with van der Waals surface area (Å²) in [5.41, 5.74) is 0. The second kappa shape index (κ2) is 11.3. The van der Waals surface area contributed by atoms with Gasteiger partial charge in [0.15, 0.2) is 5.96 Å². The normalized spacial score (nSPS) is 17.9. The fraction of sp³-hybridized carbons (Fsp3) is 0.737. The number of guanidine groups is 1. The molecule has 2 heterocycles. The maximum atomic E-state index is 12.5. The number of piperazine rings is 1. The molecule has 1 N–H and O–H groups in total. The minimum atomic E-state index is -3.29. The highest BCUT2D eigenvalue weighted by molar-refractivity contribution is 7.89. The van der Waals surface area contributed by atoms with Crippen molar-refractivity contribution < 1.29 is 13.2 Å². The first-order valence-corrected chi connectivity index (χ1v) is 12.5. The van der Waals surface area contributed by atoms with Gasteiger partial charge in [-0.2, -0.15) is 4.31 Å². The summed E-state index contributed by atoms with van der Waals surface area (Å²) in [7, 11) is 2.62. The SMILES string of the molecule is CN=C(NCC(c1cccs1)N(C)C)N1CCN(S(=O)(=O)CCOC(C)C)CC1. The predicted octanol–water partition coefficient (Wildman–Crippen LogP) is 1.30. The molecule has 29 heavy (non-hydrogen) atoms. The Morgan fingerprint density at radius 2 is 2.00 bits per heavy atom. The number of sulfonamides is 1. The molecule has 1 aromatic heterocycles. The molecule has 1 aliphatic rings. The monoisotopic (exact) mass is 445 g/mol. The lowest BCUT2D eigenvalue weighted by Crippen LogP contribution is -2.54. The lowest BCUT2D eigenvalue weighted by atomic mass is 10.2. The summed E-state index contributed by atoms with van der Waals surface area (Å²) in [6.07, 6.45) is 0.0385. The van der Waals surface area contributed by atoms with Crippen LogP contribution in [0, 0.1) is 0 Å². The van der Waals surface area contributed by atoms with E-state index < -0.39 is 10.0 Å². The van der Waals surface area contributed by atoms with E-state index in [1.165, 1.54) is 4.88 Å². The topological polar surface area (TPSA) is 77.5 Å². The van der Waals surface area contributed by atoms with Gasteiger partial charge in [-0.15, -0.1) is 11.3 Å². The molecule has 0 amide bonds. The van der Waals surface area contributed by atoms with Crippen molar-refractivity contribution in [1.82, 2.24) is 19.4 Å². The van der Waals surface area contributed by atoms with E-state index in [1.54, 1.807) is 22.7 Å². The predicted molar refractivity (Wildman–Crippen MR) is 120 cm³/mol. The lowest BCUT2D eigenvalue weighted by molar-refractivity contribution is 0.0904. The van der Waals surface area contributed by atoms with Crippen LogP contribution < -0.4 is 5.32 Å². The summed E-state index contributed by atoms with van der Waals surface area (Å²) < 4.78 is 32.0. The molecular weight excluding hydrogens is 410 g/mol.